The van der Waals surface area contributed by atoms with Crippen LogP contribution in [0, 0.1) is 11.8 Å². The van der Waals surface area contributed by atoms with Crippen LogP contribution in [0.3, 0.4) is 0 Å². The summed E-state index contributed by atoms with van der Waals surface area (Å²) >= 11 is 1.97. The van der Waals surface area contributed by atoms with Crippen molar-refractivity contribution in [2.24, 2.45) is 11.8 Å². The van der Waals surface area contributed by atoms with Crippen LogP contribution in [-0.2, 0) is 14.2 Å². The SMILES string of the molecule is C=C(OC(C)(C)C)[C@H]1S[C@]1(C)CC[C@@H](C)O[C@@H]1O[C@@H](C)[C@H](C)C[C@H]1C. The third-order valence-electron chi connectivity index (χ3n) is 5.39. The minimum absolute atomic E-state index is 0.0594. The summed E-state index contributed by atoms with van der Waals surface area (Å²) in [5.74, 6) is 1.99. The van der Waals surface area contributed by atoms with Crippen molar-refractivity contribution in [2.45, 2.75) is 109 Å². The van der Waals surface area contributed by atoms with Crippen LogP contribution in [0.1, 0.15) is 74.7 Å². The maximum atomic E-state index is 6.24. The van der Waals surface area contributed by atoms with E-state index < -0.39 is 0 Å². The molecule has 0 saturated carbocycles. The first-order valence-electron chi connectivity index (χ1n) is 9.78. The van der Waals surface area contributed by atoms with Gasteiger partial charge in [-0.05, 0) is 66.7 Å². The molecule has 7 atom stereocenters. The van der Waals surface area contributed by atoms with E-state index in [1.807, 2.05) is 11.8 Å². The highest BCUT2D eigenvalue weighted by atomic mass is 32.2. The van der Waals surface area contributed by atoms with E-state index in [-0.39, 0.29) is 28.8 Å². The first-order chi connectivity index (χ1) is 11.4. The molecule has 0 aromatic carbocycles. The monoisotopic (exact) mass is 370 g/mol. The van der Waals surface area contributed by atoms with E-state index in [0.717, 1.165) is 18.6 Å². The Morgan fingerprint density at radius 3 is 2.52 bits per heavy atom. The van der Waals surface area contributed by atoms with Crippen molar-refractivity contribution in [2.75, 3.05) is 0 Å². The Morgan fingerprint density at radius 2 is 1.92 bits per heavy atom. The standard InChI is InChI=1S/C21H38O3S/c1-13-12-14(2)19(23-16(13)4)22-15(3)10-11-21(9)18(25-21)17(5)24-20(6,7)8/h13-16,18-19H,5,10-12H2,1-4,6-9H3/t13-,14-,15-,16+,18-,19-,21-/m1/s1. The fourth-order valence-electron chi connectivity index (χ4n) is 3.60. The molecule has 2 saturated heterocycles. The van der Waals surface area contributed by atoms with Crippen molar-refractivity contribution >= 4 is 11.8 Å². The fourth-order valence-corrected chi connectivity index (χ4v) is 4.74. The summed E-state index contributed by atoms with van der Waals surface area (Å²) in [6.45, 7) is 21.5. The van der Waals surface area contributed by atoms with Crippen LogP contribution in [0.2, 0.25) is 0 Å². The molecular formula is C21H38O3S. The molecule has 2 rings (SSSR count). The molecule has 0 aromatic rings. The second-order valence-electron chi connectivity index (χ2n) is 9.38. The molecular weight excluding hydrogens is 332 g/mol. The number of hydrogen-bond donors (Lipinski definition) is 0. The molecule has 2 aliphatic heterocycles. The van der Waals surface area contributed by atoms with Crippen molar-refractivity contribution < 1.29 is 14.2 Å². The van der Waals surface area contributed by atoms with Gasteiger partial charge in [0.05, 0.1) is 17.5 Å². The normalized spacial score (nSPS) is 39.8. The number of ether oxygens (including phenoxy) is 3. The van der Waals surface area contributed by atoms with Gasteiger partial charge in [-0.15, -0.1) is 11.8 Å². The summed E-state index contributed by atoms with van der Waals surface area (Å²) in [5.41, 5.74) is -0.167. The van der Waals surface area contributed by atoms with E-state index in [2.05, 4.69) is 62.0 Å². The largest absolute Gasteiger partial charge is 0.492 e. The molecule has 0 aliphatic carbocycles. The number of thioether (sulfide) groups is 1. The Kier molecular flexibility index (Phi) is 6.60. The lowest BCUT2D eigenvalue weighted by molar-refractivity contribution is -0.244. The van der Waals surface area contributed by atoms with Crippen molar-refractivity contribution in [1.29, 1.82) is 0 Å². The fraction of sp³-hybridized carbons (Fsp3) is 0.905. The minimum atomic E-state index is -0.167. The van der Waals surface area contributed by atoms with Crippen LogP contribution < -0.4 is 0 Å². The lowest BCUT2D eigenvalue weighted by Crippen LogP contribution is -2.40. The average molecular weight is 371 g/mol. The lowest BCUT2D eigenvalue weighted by Gasteiger charge is -2.38. The van der Waals surface area contributed by atoms with Gasteiger partial charge in [0.15, 0.2) is 6.29 Å². The number of hydrogen-bond acceptors (Lipinski definition) is 4. The van der Waals surface area contributed by atoms with Crippen LogP contribution in [0.25, 0.3) is 0 Å². The van der Waals surface area contributed by atoms with E-state index in [1.165, 1.54) is 6.42 Å². The van der Waals surface area contributed by atoms with Crippen LogP contribution in [0.4, 0.5) is 0 Å². The molecule has 25 heavy (non-hydrogen) atoms. The Morgan fingerprint density at radius 1 is 1.28 bits per heavy atom. The molecule has 3 nitrogen and oxygen atoms in total. The number of rotatable bonds is 7. The smallest absolute Gasteiger partial charge is 0.160 e. The predicted octanol–water partition coefficient (Wildman–Crippen LogP) is 5.78. The average Bonchev–Trinajstić information content (AvgIpc) is 3.14. The zero-order valence-electron chi connectivity index (χ0n) is 17.4. The third kappa shape index (κ3) is 5.90. The molecule has 2 heterocycles. The molecule has 0 radical (unpaired) electrons. The molecule has 0 bridgehead atoms. The van der Waals surface area contributed by atoms with Gasteiger partial charge in [0, 0.05) is 10.7 Å². The van der Waals surface area contributed by atoms with Crippen molar-refractivity contribution in [3.63, 3.8) is 0 Å². The Labute approximate surface area is 159 Å². The van der Waals surface area contributed by atoms with Gasteiger partial charge in [-0.2, -0.15) is 0 Å². The zero-order valence-corrected chi connectivity index (χ0v) is 18.2. The van der Waals surface area contributed by atoms with Crippen LogP contribution in [-0.4, -0.2) is 34.1 Å². The minimum Gasteiger partial charge on any atom is -0.492 e. The zero-order chi connectivity index (χ0) is 19.0. The molecule has 4 heteroatoms. The summed E-state index contributed by atoms with van der Waals surface area (Å²) < 4.78 is 18.5. The van der Waals surface area contributed by atoms with E-state index in [4.69, 9.17) is 14.2 Å². The molecule has 0 unspecified atom stereocenters. The van der Waals surface area contributed by atoms with Gasteiger partial charge >= 0.3 is 0 Å². The quantitative estimate of drug-likeness (QED) is 0.419. The van der Waals surface area contributed by atoms with E-state index in [9.17, 15) is 0 Å². The van der Waals surface area contributed by atoms with Crippen molar-refractivity contribution in [3.8, 4) is 0 Å². The Balaban J connectivity index is 1.75. The lowest BCUT2D eigenvalue weighted by atomic mass is 9.90. The maximum absolute atomic E-state index is 6.24. The predicted molar refractivity (Wildman–Crippen MR) is 107 cm³/mol. The van der Waals surface area contributed by atoms with Crippen molar-refractivity contribution in [1.82, 2.24) is 0 Å². The molecule has 2 fully saturated rings. The van der Waals surface area contributed by atoms with Crippen LogP contribution >= 0.6 is 11.8 Å². The van der Waals surface area contributed by atoms with Gasteiger partial charge in [-0.1, -0.05) is 20.4 Å². The highest BCUT2D eigenvalue weighted by molar-refractivity contribution is 8.08. The van der Waals surface area contributed by atoms with Crippen molar-refractivity contribution in [3.05, 3.63) is 12.3 Å². The van der Waals surface area contributed by atoms with Gasteiger partial charge < -0.3 is 14.2 Å². The highest BCUT2D eigenvalue weighted by Gasteiger charge is 2.54. The Hall–Kier alpha value is -0.190. The first-order valence-corrected chi connectivity index (χ1v) is 10.7. The molecule has 0 aromatic heterocycles. The molecule has 0 amide bonds. The summed E-state index contributed by atoms with van der Waals surface area (Å²) in [7, 11) is 0. The maximum Gasteiger partial charge on any atom is 0.160 e. The first kappa shape index (κ1) is 21.1. The second-order valence-corrected chi connectivity index (χ2v) is 11.0. The van der Waals surface area contributed by atoms with Gasteiger partial charge in [0.25, 0.3) is 0 Å². The van der Waals surface area contributed by atoms with Gasteiger partial charge in [-0.3, -0.25) is 0 Å². The van der Waals surface area contributed by atoms with Gasteiger partial charge in [0.1, 0.15) is 11.4 Å². The summed E-state index contributed by atoms with van der Waals surface area (Å²) in [6, 6.07) is 0. The Bertz CT molecular complexity index is 472. The summed E-state index contributed by atoms with van der Waals surface area (Å²) in [6.07, 6.45) is 3.77. The van der Waals surface area contributed by atoms with Crippen LogP contribution in [0.15, 0.2) is 12.3 Å². The molecule has 0 N–H and O–H groups in total. The van der Waals surface area contributed by atoms with E-state index in [1.54, 1.807) is 0 Å². The van der Waals surface area contributed by atoms with E-state index in [0.29, 0.717) is 17.1 Å². The molecule has 2 aliphatic rings. The summed E-state index contributed by atoms with van der Waals surface area (Å²) in [4.78, 5) is 0. The topological polar surface area (TPSA) is 27.7 Å². The van der Waals surface area contributed by atoms with Crippen LogP contribution in [0.5, 0.6) is 0 Å². The van der Waals surface area contributed by atoms with Gasteiger partial charge in [-0.25, -0.2) is 0 Å². The molecule has 0 spiro atoms. The van der Waals surface area contributed by atoms with Gasteiger partial charge in [0.2, 0.25) is 0 Å². The third-order valence-corrected chi connectivity index (χ3v) is 7.13. The van der Waals surface area contributed by atoms with E-state index >= 15 is 0 Å². The second kappa shape index (κ2) is 7.82. The highest BCUT2D eigenvalue weighted by Crippen LogP contribution is 2.59. The molecule has 146 valence electrons. The summed E-state index contributed by atoms with van der Waals surface area (Å²) in [5, 5.41) is 0.407.